The quantitative estimate of drug-likeness (QED) is 0.0305. The lowest BCUT2D eigenvalue weighted by Gasteiger charge is -2.44. The Kier molecular flexibility index (Phi) is 24.8. The first kappa shape index (κ1) is 51.0. The standard InChI is InChI=1S/C39H70O16/c1-7-8-9-10-11-12-13-16-32(46)55-37-35(49)34(48)30(23-42)53-38(37)54-31(39(6,50)18-14-15-24(2)3)20-29(52-26(5)43)25(4)17-19-51-36(28(45)22-41)33(47)27(44)21-40/h15,17,27-31,33-38,40-42,44-45,47-50H,7-14,16,18-23H2,1-6H3/t27-,28-,29?,30-,31?,33-,34-,35+,36-,37+,38+,39?/m1/s1. The summed E-state index contributed by atoms with van der Waals surface area (Å²) in [5, 5.41) is 92.7. The Labute approximate surface area is 325 Å². The summed E-state index contributed by atoms with van der Waals surface area (Å²) >= 11 is 0. The van der Waals surface area contributed by atoms with Crippen LogP contribution in [0.5, 0.6) is 0 Å². The van der Waals surface area contributed by atoms with E-state index in [2.05, 4.69) is 6.92 Å². The van der Waals surface area contributed by atoms with Crippen LogP contribution in [0.2, 0.25) is 0 Å². The molecule has 0 amide bonds. The van der Waals surface area contributed by atoms with E-state index in [1.807, 2.05) is 19.9 Å². The topological polar surface area (TPSA) is 262 Å². The Bertz CT molecular complexity index is 1140. The third kappa shape index (κ3) is 18.4. The zero-order valence-corrected chi connectivity index (χ0v) is 33.5. The van der Waals surface area contributed by atoms with E-state index in [1.54, 1.807) is 6.92 Å². The van der Waals surface area contributed by atoms with Crippen LogP contribution in [0, 0.1) is 0 Å². The van der Waals surface area contributed by atoms with Gasteiger partial charge < -0.3 is 69.6 Å². The van der Waals surface area contributed by atoms with E-state index in [0.29, 0.717) is 18.4 Å². The molecule has 0 radical (unpaired) electrons. The number of aliphatic hydroxyl groups is 9. The lowest BCUT2D eigenvalue weighted by molar-refractivity contribution is -0.326. The van der Waals surface area contributed by atoms with Gasteiger partial charge in [-0.2, -0.15) is 0 Å². The lowest BCUT2D eigenvalue weighted by Crippen LogP contribution is -2.62. The maximum absolute atomic E-state index is 13.0. The van der Waals surface area contributed by atoms with Gasteiger partial charge in [0.2, 0.25) is 0 Å². The van der Waals surface area contributed by atoms with Gasteiger partial charge in [0.1, 0.15) is 48.8 Å². The number of hydrogen-bond donors (Lipinski definition) is 9. The highest BCUT2D eigenvalue weighted by atomic mass is 16.7. The third-order valence-electron chi connectivity index (χ3n) is 9.69. The number of allylic oxidation sites excluding steroid dienone is 2. The monoisotopic (exact) mass is 794 g/mol. The van der Waals surface area contributed by atoms with Crippen molar-refractivity contribution in [2.45, 2.75) is 185 Å². The van der Waals surface area contributed by atoms with Crippen LogP contribution in [0.4, 0.5) is 0 Å². The summed E-state index contributed by atoms with van der Waals surface area (Å²) in [5.41, 5.74) is -0.310. The molecule has 16 nitrogen and oxygen atoms in total. The molecule has 1 aliphatic rings. The molecular weight excluding hydrogens is 724 g/mol. The first-order chi connectivity index (χ1) is 25.9. The minimum Gasteiger partial charge on any atom is -0.458 e. The first-order valence-corrected chi connectivity index (χ1v) is 19.5. The van der Waals surface area contributed by atoms with Gasteiger partial charge in [-0.1, -0.05) is 63.2 Å². The Hall–Kier alpha value is -2.06. The van der Waals surface area contributed by atoms with Crippen molar-refractivity contribution in [2.75, 3.05) is 26.4 Å². The van der Waals surface area contributed by atoms with Crippen molar-refractivity contribution in [1.82, 2.24) is 0 Å². The number of carbonyl (C=O) groups excluding carboxylic acids is 2. The minimum atomic E-state index is -1.76. The van der Waals surface area contributed by atoms with Crippen molar-refractivity contribution in [3.05, 3.63) is 23.3 Å². The number of aliphatic hydroxyl groups excluding tert-OH is 8. The highest BCUT2D eigenvalue weighted by molar-refractivity contribution is 5.69. The summed E-state index contributed by atoms with van der Waals surface area (Å²) in [6, 6.07) is 0. The second kappa shape index (κ2) is 26.8. The van der Waals surface area contributed by atoms with Crippen LogP contribution in [-0.4, -0.2) is 157 Å². The molecule has 55 heavy (non-hydrogen) atoms. The molecule has 0 aromatic carbocycles. The Morgan fingerprint density at radius 3 is 2.05 bits per heavy atom. The summed E-state index contributed by atoms with van der Waals surface area (Å²) in [6.07, 6.45) is -6.28. The molecule has 0 aliphatic carbocycles. The van der Waals surface area contributed by atoms with Crippen LogP contribution >= 0.6 is 0 Å². The molecule has 0 bridgehead atoms. The minimum absolute atomic E-state index is 0.0415. The van der Waals surface area contributed by atoms with E-state index < -0.39 is 105 Å². The van der Waals surface area contributed by atoms with Gasteiger partial charge in [0.05, 0.1) is 38.1 Å². The maximum Gasteiger partial charge on any atom is 0.306 e. The fraction of sp³-hybridized carbons (Fsp3) is 0.846. The van der Waals surface area contributed by atoms with E-state index in [-0.39, 0.29) is 25.9 Å². The molecule has 1 heterocycles. The van der Waals surface area contributed by atoms with Gasteiger partial charge >= 0.3 is 11.9 Å². The smallest absolute Gasteiger partial charge is 0.306 e. The second-order valence-corrected chi connectivity index (χ2v) is 14.9. The average Bonchev–Trinajstić information content (AvgIpc) is 3.13. The summed E-state index contributed by atoms with van der Waals surface area (Å²) in [4.78, 5) is 25.3. The number of carbonyl (C=O) groups is 2. The number of hydrogen-bond acceptors (Lipinski definition) is 16. The average molecular weight is 795 g/mol. The van der Waals surface area contributed by atoms with E-state index in [4.69, 9.17) is 23.7 Å². The van der Waals surface area contributed by atoms with E-state index >= 15 is 0 Å². The summed E-state index contributed by atoms with van der Waals surface area (Å²) in [6.45, 7) is 7.48. The molecule has 3 unspecified atom stereocenters. The van der Waals surface area contributed by atoms with Gasteiger partial charge in [-0.25, -0.2) is 0 Å². The Balaban J connectivity index is 3.43. The summed E-state index contributed by atoms with van der Waals surface area (Å²) in [5.74, 6) is -1.35. The molecule has 1 aliphatic heterocycles. The summed E-state index contributed by atoms with van der Waals surface area (Å²) < 4.78 is 29.0. The van der Waals surface area contributed by atoms with Crippen LogP contribution in [0.3, 0.4) is 0 Å². The first-order valence-electron chi connectivity index (χ1n) is 19.5. The van der Waals surface area contributed by atoms with Gasteiger partial charge in [0.25, 0.3) is 0 Å². The van der Waals surface area contributed by atoms with E-state index in [9.17, 15) is 55.5 Å². The second-order valence-electron chi connectivity index (χ2n) is 14.9. The van der Waals surface area contributed by atoms with Gasteiger partial charge in [-0.3, -0.25) is 9.59 Å². The Morgan fingerprint density at radius 1 is 0.873 bits per heavy atom. The molecular formula is C39H70O16. The van der Waals surface area contributed by atoms with Gasteiger partial charge in [-0.05, 0) is 52.5 Å². The molecule has 0 saturated carbocycles. The summed E-state index contributed by atoms with van der Waals surface area (Å²) in [7, 11) is 0. The zero-order chi connectivity index (χ0) is 41.7. The predicted octanol–water partition coefficient (Wildman–Crippen LogP) is 1.08. The predicted molar refractivity (Wildman–Crippen MR) is 200 cm³/mol. The SMILES string of the molecule is CCCCCCCCCC(=O)O[C@@H]1[C@H](OC(CC(OC(C)=O)C(C)=CCO[C@@H]([C@H](O)[C@H](O)CO)[C@H](O)CO)C(C)(O)CCC=C(C)C)O[C@H](CO)[C@@H](O)[C@@H]1O. The molecule has 1 saturated heterocycles. The van der Waals surface area contributed by atoms with Crippen molar-refractivity contribution in [3.8, 4) is 0 Å². The number of esters is 2. The number of rotatable bonds is 28. The maximum atomic E-state index is 13.0. The molecule has 9 N–H and O–H groups in total. The van der Waals surface area contributed by atoms with Crippen molar-refractivity contribution < 1.29 is 79.2 Å². The molecule has 0 aromatic rings. The van der Waals surface area contributed by atoms with Crippen LogP contribution < -0.4 is 0 Å². The number of unbranched alkanes of at least 4 members (excludes halogenated alkanes) is 6. The lowest BCUT2D eigenvalue weighted by atomic mass is 9.87. The van der Waals surface area contributed by atoms with Crippen LogP contribution in [0.15, 0.2) is 23.3 Å². The normalized spacial score (nSPS) is 24.9. The highest BCUT2D eigenvalue weighted by Crippen LogP contribution is 2.33. The van der Waals surface area contributed by atoms with Crippen LogP contribution in [-0.2, 0) is 33.3 Å². The van der Waals surface area contributed by atoms with Crippen molar-refractivity contribution >= 4 is 11.9 Å². The van der Waals surface area contributed by atoms with Gasteiger partial charge in [0, 0.05) is 19.8 Å². The number of ether oxygens (including phenoxy) is 5. The molecule has 12 atom stereocenters. The fourth-order valence-corrected chi connectivity index (χ4v) is 6.17. The molecule has 1 fully saturated rings. The zero-order valence-electron chi connectivity index (χ0n) is 33.5. The third-order valence-corrected chi connectivity index (χ3v) is 9.69. The van der Waals surface area contributed by atoms with E-state index in [1.165, 1.54) is 19.9 Å². The molecule has 16 heteroatoms. The van der Waals surface area contributed by atoms with Gasteiger partial charge in [0.15, 0.2) is 12.4 Å². The molecule has 0 aromatic heterocycles. The van der Waals surface area contributed by atoms with Crippen molar-refractivity contribution in [3.63, 3.8) is 0 Å². The van der Waals surface area contributed by atoms with Crippen molar-refractivity contribution in [2.24, 2.45) is 0 Å². The van der Waals surface area contributed by atoms with Crippen LogP contribution in [0.1, 0.15) is 112 Å². The Morgan fingerprint density at radius 2 is 1.49 bits per heavy atom. The molecule has 322 valence electrons. The highest BCUT2D eigenvalue weighted by Gasteiger charge is 2.50. The fourth-order valence-electron chi connectivity index (χ4n) is 6.17. The van der Waals surface area contributed by atoms with Gasteiger partial charge in [-0.15, -0.1) is 0 Å². The largest absolute Gasteiger partial charge is 0.458 e. The molecule has 0 spiro atoms. The van der Waals surface area contributed by atoms with E-state index in [0.717, 1.165) is 44.1 Å². The molecule has 1 rings (SSSR count). The van der Waals surface area contributed by atoms with Crippen LogP contribution in [0.25, 0.3) is 0 Å². The van der Waals surface area contributed by atoms with Crippen molar-refractivity contribution in [1.29, 1.82) is 0 Å².